The fourth-order valence-electron chi connectivity index (χ4n) is 12.5. The minimum atomic E-state index is -0.503. The Labute approximate surface area is 777 Å². The summed E-state index contributed by atoms with van der Waals surface area (Å²) in [5.74, 6) is 3.31. The van der Waals surface area contributed by atoms with E-state index in [1.165, 1.54) is 52.8 Å². The van der Waals surface area contributed by atoms with Crippen molar-refractivity contribution in [3.63, 3.8) is 0 Å². The lowest BCUT2D eigenvalue weighted by atomic mass is 10.1. The summed E-state index contributed by atoms with van der Waals surface area (Å²) in [5.41, 5.74) is 20.5. The Balaban J connectivity index is 0.000000167. The van der Waals surface area contributed by atoms with Crippen LogP contribution in [0.15, 0.2) is 251 Å². The van der Waals surface area contributed by atoms with Gasteiger partial charge in [-0.1, -0.05) is 170 Å². The van der Waals surface area contributed by atoms with E-state index in [-0.39, 0.29) is 29.0 Å². The minimum absolute atomic E-state index is 0.0398. The van der Waals surface area contributed by atoms with E-state index in [1.807, 2.05) is 164 Å². The molecule has 8 aromatic carbocycles. The lowest BCUT2D eigenvalue weighted by Crippen LogP contribution is -1.95. The molecular weight excluding hydrogens is 1700 g/mol. The molecule has 8 heterocycles. The topological polar surface area (TPSA) is 161 Å². The van der Waals surface area contributed by atoms with Crippen molar-refractivity contribution in [2.24, 2.45) is 0 Å². The molecule has 16 aromatic rings. The van der Waals surface area contributed by atoms with Crippen molar-refractivity contribution in [2.75, 3.05) is 7.11 Å². The van der Waals surface area contributed by atoms with Crippen molar-refractivity contribution in [2.45, 2.75) is 193 Å². The molecule has 0 spiro atoms. The summed E-state index contributed by atoms with van der Waals surface area (Å²) in [6.07, 6.45) is 25.8. The maximum Gasteiger partial charge on any atom is 0.294 e. The number of benzene rings is 8. The first-order valence-electron chi connectivity index (χ1n) is 43.0. The van der Waals surface area contributed by atoms with Gasteiger partial charge in [-0.3, -0.25) is 4.57 Å². The van der Waals surface area contributed by atoms with Gasteiger partial charge in [-0.15, -0.1) is 0 Å². The monoisotopic (exact) mass is 1810 g/mol. The molecule has 0 radical (unpaired) electrons. The molecule has 0 fully saturated rings. The Morgan fingerprint density at radius 3 is 0.877 bits per heavy atom. The van der Waals surface area contributed by atoms with Crippen LogP contribution in [0.1, 0.15) is 232 Å². The zero-order chi connectivity index (χ0) is 94.9. The van der Waals surface area contributed by atoms with E-state index in [9.17, 15) is 17.6 Å². The zero-order valence-electron chi connectivity index (χ0n) is 77.9. The predicted octanol–water partition coefficient (Wildman–Crippen LogP) is 29.1. The average Bonchev–Trinajstić information content (AvgIpc) is 1.68. The van der Waals surface area contributed by atoms with E-state index in [4.69, 9.17) is 52.7 Å². The summed E-state index contributed by atoms with van der Waals surface area (Å²) in [5, 5.41) is 2.14. The summed E-state index contributed by atoms with van der Waals surface area (Å²) in [6.45, 7) is 57.3. The third kappa shape index (κ3) is 28.2. The van der Waals surface area contributed by atoms with Crippen LogP contribution in [0.5, 0.6) is 5.75 Å². The summed E-state index contributed by atoms with van der Waals surface area (Å²) in [4.78, 5) is 40.9. The highest BCUT2D eigenvalue weighted by molar-refractivity contribution is 6.31. The van der Waals surface area contributed by atoms with Crippen molar-refractivity contribution >= 4 is 46.2 Å². The molecule has 0 N–H and O–H groups in total. The van der Waals surface area contributed by atoms with E-state index >= 15 is 0 Å². The lowest BCUT2D eigenvalue weighted by molar-refractivity contribution is 0.386. The first kappa shape index (κ1) is 101. The molecular formula is C104H115Cl3F4N18O. The Kier molecular flexibility index (Phi) is 36.5. The fraction of sp³-hybridized carbons (Fsp3) is 0.288. The highest BCUT2D eigenvalue weighted by Crippen LogP contribution is 2.30. The average molecular weight is 1820 g/mol. The summed E-state index contributed by atoms with van der Waals surface area (Å²) < 4.78 is 73.9. The molecule has 130 heavy (non-hydrogen) atoms. The molecule has 26 heteroatoms. The molecule has 0 amide bonds. The maximum atomic E-state index is 13.6. The van der Waals surface area contributed by atoms with Crippen LogP contribution in [-0.4, -0.2) is 83.5 Å². The lowest BCUT2D eigenvalue weighted by Gasteiger charge is -2.05. The summed E-state index contributed by atoms with van der Waals surface area (Å²) >= 11 is 17.5. The first-order valence-corrected chi connectivity index (χ1v) is 44.1. The summed E-state index contributed by atoms with van der Waals surface area (Å²) in [7, 11) is 1.45. The van der Waals surface area contributed by atoms with Gasteiger partial charge in [0, 0.05) is 116 Å². The second-order valence-corrected chi connectivity index (χ2v) is 34.9. The van der Waals surface area contributed by atoms with Crippen molar-refractivity contribution in [3.05, 3.63) is 386 Å². The maximum absolute atomic E-state index is 13.6. The van der Waals surface area contributed by atoms with Gasteiger partial charge in [0.2, 0.25) is 5.69 Å². The molecule has 0 saturated carbocycles. The number of hydrogen-bond donors (Lipinski definition) is 0. The van der Waals surface area contributed by atoms with Gasteiger partial charge in [-0.05, 0) is 238 Å². The molecule has 0 aliphatic carbocycles. The van der Waals surface area contributed by atoms with Gasteiger partial charge >= 0.3 is 0 Å². The predicted molar refractivity (Wildman–Crippen MR) is 519 cm³/mol. The second-order valence-electron chi connectivity index (χ2n) is 33.6. The molecule has 0 aliphatic heterocycles. The van der Waals surface area contributed by atoms with Gasteiger partial charge in [0.15, 0.2) is 17.3 Å². The van der Waals surface area contributed by atoms with Crippen LogP contribution >= 0.6 is 34.8 Å². The quantitative estimate of drug-likeness (QED) is 0.0638. The van der Waals surface area contributed by atoms with Crippen molar-refractivity contribution in [1.29, 1.82) is 0 Å². The van der Waals surface area contributed by atoms with Crippen LogP contribution in [0.2, 0.25) is 15.1 Å². The molecule has 0 unspecified atom stereocenters. The van der Waals surface area contributed by atoms with Gasteiger partial charge in [-0.2, -0.15) is 4.39 Å². The zero-order valence-corrected chi connectivity index (χ0v) is 80.2. The second kappa shape index (κ2) is 47.2. The highest BCUT2D eigenvalue weighted by atomic mass is 35.5. The number of methoxy groups -OCH3 is 1. The number of aromatic nitrogens is 16. The van der Waals surface area contributed by atoms with Gasteiger partial charge in [-0.25, -0.2) is 62.7 Å². The van der Waals surface area contributed by atoms with E-state index < -0.39 is 11.9 Å². The molecule has 16 rings (SSSR count). The normalized spacial score (nSPS) is 10.9. The van der Waals surface area contributed by atoms with Gasteiger partial charge in [0.1, 0.15) is 17.5 Å². The van der Waals surface area contributed by atoms with Crippen molar-refractivity contribution < 1.29 is 22.3 Å². The smallest absolute Gasteiger partial charge is 0.294 e. The van der Waals surface area contributed by atoms with Crippen molar-refractivity contribution in [3.8, 4) is 51.2 Å². The van der Waals surface area contributed by atoms with Crippen LogP contribution in [0.25, 0.3) is 55.2 Å². The van der Waals surface area contributed by atoms with E-state index in [1.54, 1.807) is 89.8 Å². The Bertz CT molecular complexity index is 6110. The van der Waals surface area contributed by atoms with Gasteiger partial charge < -0.3 is 36.7 Å². The fourth-order valence-corrected chi connectivity index (χ4v) is 12.8. The molecule has 8 aromatic heterocycles. The number of hydrogen-bond acceptors (Lipinski definition) is 9. The third-order valence-corrected chi connectivity index (χ3v) is 21.6. The number of imidazole rings is 8. The Morgan fingerprint density at radius 2 is 0.569 bits per heavy atom. The summed E-state index contributed by atoms with van der Waals surface area (Å²) in [6, 6.07) is 49.4. The van der Waals surface area contributed by atoms with Crippen molar-refractivity contribution in [1.82, 2.24) is 76.4 Å². The molecule has 0 atom stereocenters. The minimum Gasteiger partial charge on any atom is -0.494 e. The van der Waals surface area contributed by atoms with Crippen LogP contribution in [0.4, 0.5) is 28.9 Å². The van der Waals surface area contributed by atoms with Crippen LogP contribution in [0.3, 0.4) is 0 Å². The number of rotatable bonds is 17. The molecule has 0 bridgehead atoms. The largest absolute Gasteiger partial charge is 0.494 e. The molecule has 676 valence electrons. The van der Waals surface area contributed by atoms with Crippen LogP contribution in [-0.2, 0) is 0 Å². The van der Waals surface area contributed by atoms with Crippen LogP contribution < -0.4 is 4.74 Å². The van der Waals surface area contributed by atoms with E-state index in [0.29, 0.717) is 63.4 Å². The number of halogens is 7. The first-order chi connectivity index (χ1) is 61.8. The number of nitrogens with zero attached hydrogens (tertiary/aromatic N) is 18. The van der Waals surface area contributed by atoms with E-state index in [2.05, 4.69) is 200 Å². The van der Waals surface area contributed by atoms with Crippen LogP contribution in [0, 0.1) is 71.3 Å². The Morgan fingerprint density at radius 1 is 0.285 bits per heavy atom. The molecule has 0 aliphatic rings. The number of aryl methyl sites for hydroxylation is 5. The third-order valence-electron chi connectivity index (χ3n) is 20.9. The van der Waals surface area contributed by atoms with E-state index in [0.717, 1.165) is 101 Å². The standard InChI is InChI=1S/C14H15N3.C14H18N2.C13H15ClN2.C13H12FN3.C13H15FN2O.C13H15FN2.C12H12ClFN2.C12H13ClN2/c1-10(2)14-8-17(9-16-14)12-5-6-13(15-4)11(3)7-12;1-10(2)14-8-16(9-15-14)13-6-5-11(3)12(4)7-13;1-9(2)13-8-16(10(3)15-13)12-6-4-11(14)5-7-12;1-9(2)13-7-17(8-16-13)10-4-5-12(15-3)11(14)6-10;1-9(2)12-7-16(8-15-12)10-4-5-13(17-3)11(14)6-10;1-9(2)13-7-16(8-15-13)11-5-4-10(3)12(14)6-11;1-8(2)11-7-16(12(14)15-11)10-5-3-9(13)4-6-10;1-9(2)12-7-15(8-14-12)11-5-3-10(13)4-6-11/h5-10H,1-3H3;5-10H,1-4H3;4-9H,1-3H3;4-9H,1-2H3;4-9H,1-3H3;4-9H,1-3H3;3-8H,1-2H3;3-9H,1-2H3. The highest BCUT2D eigenvalue weighted by Gasteiger charge is 2.17. The SMILES string of the molecule is CC(C)c1cn(-c2ccc(Cl)cc2)c(F)n1.CC(C)c1cn(-c2ccc(Cl)cc2)cn1.COc1ccc(-n2cnc(C(C)C)c2)cc1F.Cc1ccc(-n2cnc(C(C)C)c2)cc1C.Cc1ccc(-n2cnc(C(C)C)c2)cc1F.Cc1nc(C(C)C)cn1-c1ccc(Cl)cc1.[C-]#[N+]c1ccc(-n2cnc(C(C)C)c2)cc1C.[C-]#[N+]c1ccc(-n2cnc(C(C)C)c2)cc1F. The molecule has 0 saturated heterocycles. The van der Waals surface area contributed by atoms with Gasteiger partial charge in [0.25, 0.3) is 6.08 Å². The van der Waals surface area contributed by atoms with Gasteiger partial charge in [0.05, 0.1) is 104 Å². The molecule has 19 nitrogen and oxygen atoms in total. The Hall–Kier alpha value is -13.2. The number of ether oxygens (including phenoxy) is 1.